The molecule has 1 atom stereocenters. The first-order valence-corrected chi connectivity index (χ1v) is 7.79. The molecule has 2 rings (SSSR count). The number of rotatable bonds is 6. The molecule has 0 aromatic heterocycles. The lowest BCUT2D eigenvalue weighted by molar-refractivity contribution is -0.131. The van der Waals surface area contributed by atoms with Crippen molar-refractivity contribution >= 4 is 17.8 Å². The molecule has 2 amide bonds. The van der Waals surface area contributed by atoms with Crippen LogP contribution < -0.4 is 15.8 Å². The lowest BCUT2D eigenvalue weighted by Crippen LogP contribution is -2.45. The Hall–Kier alpha value is -3.15. The highest BCUT2D eigenvalue weighted by Crippen LogP contribution is 2.14. The Morgan fingerprint density at radius 2 is 1.80 bits per heavy atom. The minimum absolute atomic E-state index is 0.259. The highest BCUT2D eigenvalue weighted by molar-refractivity contribution is 5.97. The number of carbonyl (C=O) groups is 3. The van der Waals surface area contributed by atoms with Crippen molar-refractivity contribution in [3.8, 4) is 5.75 Å². The summed E-state index contributed by atoms with van der Waals surface area (Å²) < 4.78 is 4.95. The first kappa shape index (κ1) is 18.2. The summed E-state index contributed by atoms with van der Waals surface area (Å²) in [5, 5.41) is 2.62. The van der Waals surface area contributed by atoms with Crippen molar-refractivity contribution < 1.29 is 19.1 Å². The molecule has 0 aliphatic heterocycles. The summed E-state index contributed by atoms with van der Waals surface area (Å²) in [5.74, 6) is -1.31. The molecule has 0 spiro atoms. The fourth-order valence-corrected chi connectivity index (χ4v) is 2.29. The molecule has 0 fully saturated rings. The fraction of sp³-hybridized carbons (Fsp3) is 0.211. The van der Waals surface area contributed by atoms with E-state index in [0.29, 0.717) is 6.42 Å². The number of hydrogen-bond donors (Lipinski definition) is 2. The summed E-state index contributed by atoms with van der Waals surface area (Å²) in [6.45, 7) is 3.24. The Morgan fingerprint density at radius 3 is 2.40 bits per heavy atom. The number of ether oxygens (including phenoxy) is 1. The summed E-state index contributed by atoms with van der Waals surface area (Å²) >= 11 is 0. The molecular weight excluding hydrogens is 320 g/mol. The van der Waals surface area contributed by atoms with Gasteiger partial charge in [-0.25, -0.2) is 0 Å². The summed E-state index contributed by atoms with van der Waals surface area (Å²) in [5.41, 5.74) is 7.68. The molecule has 130 valence electrons. The normalized spacial score (nSPS) is 11.4. The molecule has 25 heavy (non-hydrogen) atoms. The molecule has 0 saturated carbocycles. The van der Waals surface area contributed by atoms with Crippen LogP contribution in [-0.2, 0) is 16.0 Å². The van der Waals surface area contributed by atoms with E-state index in [1.54, 1.807) is 18.2 Å². The van der Waals surface area contributed by atoms with Crippen LogP contribution in [-0.4, -0.2) is 23.8 Å². The second-order valence-electron chi connectivity index (χ2n) is 5.74. The van der Waals surface area contributed by atoms with Crippen LogP contribution in [0, 0.1) is 6.92 Å². The maximum Gasteiger partial charge on any atom is 0.308 e. The van der Waals surface area contributed by atoms with Crippen LogP contribution in [0.4, 0.5) is 0 Å². The van der Waals surface area contributed by atoms with E-state index >= 15 is 0 Å². The van der Waals surface area contributed by atoms with Crippen LogP contribution in [0.15, 0.2) is 48.5 Å². The van der Waals surface area contributed by atoms with Gasteiger partial charge in [0.2, 0.25) is 5.91 Å². The van der Waals surface area contributed by atoms with E-state index in [1.165, 1.54) is 13.0 Å². The Labute approximate surface area is 146 Å². The number of benzene rings is 2. The van der Waals surface area contributed by atoms with E-state index in [9.17, 15) is 14.4 Å². The molecule has 0 bridgehead atoms. The van der Waals surface area contributed by atoms with Crippen molar-refractivity contribution in [3.05, 3.63) is 65.2 Å². The van der Waals surface area contributed by atoms with Crippen molar-refractivity contribution in [2.24, 2.45) is 5.73 Å². The van der Waals surface area contributed by atoms with Gasteiger partial charge in [-0.15, -0.1) is 0 Å². The second kappa shape index (κ2) is 8.10. The molecule has 0 heterocycles. The number of nitrogens with one attached hydrogen (secondary N) is 1. The third kappa shape index (κ3) is 5.46. The summed E-state index contributed by atoms with van der Waals surface area (Å²) in [4.78, 5) is 35.1. The molecule has 2 aromatic carbocycles. The van der Waals surface area contributed by atoms with E-state index in [1.807, 2.05) is 31.2 Å². The van der Waals surface area contributed by atoms with Crippen LogP contribution in [0.3, 0.4) is 0 Å². The number of hydrogen-bond acceptors (Lipinski definition) is 4. The van der Waals surface area contributed by atoms with Gasteiger partial charge < -0.3 is 15.8 Å². The number of primary amides is 1. The van der Waals surface area contributed by atoms with Crippen molar-refractivity contribution in [2.45, 2.75) is 26.3 Å². The molecule has 2 aromatic rings. The minimum Gasteiger partial charge on any atom is -0.427 e. The van der Waals surface area contributed by atoms with E-state index in [0.717, 1.165) is 11.1 Å². The number of amides is 2. The van der Waals surface area contributed by atoms with Crippen molar-refractivity contribution in [1.82, 2.24) is 5.32 Å². The molecule has 0 aliphatic rings. The van der Waals surface area contributed by atoms with Crippen molar-refractivity contribution in [2.75, 3.05) is 0 Å². The van der Waals surface area contributed by atoms with Gasteiger partial charge in [-0.1, -0.05) is 35.9 Å². The predicted molar refractivity (Wildman–Crippen MR) is 93.1 cm³/mol. The Bertz CT molecular complexity index is 784. The minimum atomic E-state index is -0.840. The van der Waals surface area contributed by atoms with Gasteiger partial charge in [0.15, 0.2) is 0 Å². The van der Waals surface area contributed by atoms with Gasteiger partial charge in [-0.05, 0) is 30.7 Å². The topological polar surface area (TPSA) is 98.5 Å². The lowest BCUT2D eigenvalue weighted by Gasteiger charge is -2.16. The number of nitrogens with two attached hydrogens (primary N) is 1. The fourth-order valence-electron chi connectivity index (χ4n) is 2.29. The average molecular weight is 340 g/mol. The Kier molecular flexibility index (Phi) is 5.89. The van der Waals surface area contributed by atoms with Gasteiger partial charge in [0.1, 0.15) is 11.8 Å². The van der Waals surface area contributed by atoms with E-state index in [2.05, 4.69) is 5.32 Å². The third-order valence-corrected chi connectivity index (χ3v) is 3.57. The number of esters is 1. The van der Waals surface area contributed by atoms with Crippen LogP contribution in [0.25, 0.3) is 0 Å². The van der Waals surface area contributed by atoms with Crippen LogP contribution in [0.5, 0.6) is 5.75 Å². The molecule has 3 N–H and O–H groups in total. The van der Waals surface area contributed by atoms with Gasteiger partial charge in [-0.3, -0.25) is 14.4 Å². The zero-order valence-corrected chi connectivity index (χ0v) is 14.1. The predicted octanol–water partition coefficient (Wildman–Crippen LogP) is 1.75. The molecule has 0 radical (unpaired) electrons. The molecule has 6 heteroatoms. The quantitative estimate of drug-likeness (QED) is 0.618. The van der Waals surface area contributed by atoms with Gasteiger partial charge in [0.05, 0.1) is 0 Å². The van der Waals surface area contributed by atoms with E-state index in [4.69, 9.17) is 10.5 Å². The van der Waals surface area contributed by atoms with Gasteiger partial charge in [0, 0.05) is 18.9 Å². The second-order valence-corrected chi connectivity index (χ2v) is 5.74. The molecule has 6 nitrogen and oxygen atoms in total. The first-order chi connectivity index (χ1) is 11.8. The standard InChI is InChI=1S/C19H20N2O4/c1-12-6-8-14(9-7-12)10-17(18(20)23)21-19(24)15-4-3-5-16(11-15)25-13(2)22/h3-9,11,17H,10H2,1-2H3,(H2,20,23)(H,21,24)/t17-/m1/s1. The van der Waals surface area contributed by atoms with Crippen molar-refractivity contribution in [3.63, 3.8) is 0 Å². The van der Waals surface area contributed by atoms with Crippen molar-refractivity contribution in [1.29, 1.82) is 0 Å². The number of aryl methyl sites for hydroxylation is 1. The highest BCUT2D eigenvalue weighted by Gasteiger charge is 2.20. The summed E-state index contributed by atoms with van der Waals surface area (Å²) in [7, 11) is 0. The Balaban J connectivity index is 2.11. The highest BCUT2D eigenvalue weighted by atomic mass is 16.5. The van der Waals surface area contributed by atoms with Gasteiger partial charge in [-0.2, -0.15) is 0 Å². The maximum absolute atomic E-state index is 12.4. The largest absolute Gasteiger partial charge is 0.427 e. The van der Waals surface area contributed by atoms with Crippen LogP contribution in [0.2, 0.25) is 0 Å². The lowest BCUT2D eigenvalue weighted by atomic mass is 10.0. The van der Waals surface area contributed by atoms with Gasteiger partial charge in [0.25, 0.3) is 5.91 Å². The average Bonchev–Trinajstić information content (AvgIpc) is 2.55. The SMILES string of the molecule is CC(=O)Oc1cccc(C(=O)N[C@H](Cc2ccc(C)cc2)C(N)=O)c1. The monoisotopic (exact) mass is 340 g/mol. The first-order valence-electron chi connectivity index (χ1n) is 7.79. The summed E-state index contributed by atoms with van der Waals surface area (Å²) in [6.07, 6.45) is 0.297. The van der Waals surface area contributed by atoms with E-state index in [-0.39, 0.29) is 11.3 Å². The zero-order valence-electron chi connectivity index (χ0n) is 14.1. The summed E-state index contributed by atoms with van der Waals surface area (Å²) in [6, 6.07) is 12.9. The molecule has 0 aliphatic carbocycles. The third-order valence-electron chi connectivity index (χ3n) is 3.57. The van der Waals surface area contributed by atoms with Crippen LogP contribution in [0.1, 0.15) is 28.4 Å². The van der Waals surface area contributed by atoms with Crippen LogP contribution >= 0.6 is 0 Å². The smallest absolute Gasteiger partial charge is 0.308 e. The Morgan fingerprint density at radius 1 is 1.12 bits per heavy atom. The van der Waals surface area contributed by atoms with Gasteiger partial charge >= 0.3 is 5.97 Å². The van der Waals surface area contributed by atoms with E-state index < -0.39 is 23.8 Å². The molecule has 0 unspecified atom stereocenters. The number of carbonyl (C=O) groups excluding carboxylic acids is 3. The zero-order chi connectivity index (χ0) is 18.4. The molecular formula is C19H20N2O4. The maximum atomic E-state index is 12.4. The molecule has 0 saturated heterocycles.